The van der Waals surface area contributed by atoms with Crippen LogP contribution in [0, 0.1) is 11.3 Å². The Kier molecular flexibility index (Phi) is 7.23. The van der Waals surface area contributed by atoms with E-state index in [1.807, 2.05) is 36.4 Å². The van der Waals surface area contributed by atoms with Gasteiger partial charge < -0.3 is 24.5 Å². The van der Waals surface area contributed by atoms with Gasteiger partial charge in [0.2, 0.25) is 0 Å². The molecule has 0 saturated carbocycles. The smallest absolute Gasteiger partial charge is 0.357 e. The highest BCUT2D eigenvalue weighted by Gasteiger charge is 2.26. The molecule has 0 aliphatic rings. The Morgan fingerprint density at radius 1 is 1.03 bits per heavy atom. The third kappa shape index (κ3) is 5.02. The lowest BCUT2D eigenvalue weighted by Gasteiger charge is -2.18. The van der Waals surface area contributed by atoms with Crippen molar-refractivity contribution in [3.8, 4) is 23.3 Å². The molecular formula is C27H20ClN3O5. The zero-order valence-corrected chi connectivity index (χ0v) is 19.9. The zero-order chi connectivity index (χ0) is 25.7. The first-order chi connectivity index (χ1) is 17.4. The normalized spacial score (nSPS) is 10.4. The van der Waals surface area contributed by atoms with Crippen LogP contribution in [0.5, 0.6) is 11.5 Å². The van der Waals surface area contributed by atoms with Gasteiger partial charge in [-0.1, -0.05) is 60.1 Å². The number of hydrogen-bond acceptors (Lipinski definition) is 7. The summed E-state index contributed by atoms with van der Waals surface area (Å²) < 4.78 is 18.0. The van der Waals surface area contributed by atoms with Crippen molar-refractivity contribution in [2.24, 2.45) is 0 Å². The van der Waals surface area contributed by atoms with E-state index in [1.54, 1.807) is 30.3 Å². The number of anilines is 1. The van der Waals surface area contributed by atoms with Crippen molar-refractivity contribution in [3.05, 3.63) is 106 Å². The number of rotatable bonds is 7. The highest BCUT2D eigenvalue weighted by molar-refractivity contribution is 6.31. The van der Waals surface area contributed by atoms with Gasteiger partial charge in [-0.3, -0.25) is 0 Å². The summed E-state index contributed by atoms with van der Waals surface area (Å²) in [7, 11) is 1.20. The summed E-state index contributed by atoms with van der Waals surface area (Å²) in [6.45, 7) is 0.112. The maximum absolute atomic E-state index is 12.9. The van der Waals surface area contributed by atoms with E-state index in [0.29, 0.717) is 5.56 Å². The topological polar surface area (TPSA) is 117 Å². The van der Waals surface area contributed by atoms with E-state index in [0.717, 1.165) is 5.56 Å². The van der Waals surface area contributed by atoms with Gasteiger partial charge in [0.15, 0.2) is 17.2 Å². The molecule has 3 aromatic carbocycles. The van der Waals surface area contributed by atoms with Crippen molar-refractivity contribution >= 4 is 29.2 Å². The Labute approximate surface area is 212 Å². The number of halogens is 1. The standard InChI is InChI=1S/C27H20ClN3O5/c1-34-27(33)24-23(30)19(14-29)15-31(24)21-12-20(28)13-22(36-26(32)18-10-6-3-7-11-18)25(21)35-16-17-8-4-2-5-9-17/h2-13,15H,16,30H2,1H3. The molecule has 8 nitrogen and oxygen atoms in total. The van der Waals surface area contributed by atoms with Crippen molar-refractivity contribution < 1.29 is 23.8 Å². The fourth-order valence-corrected chi connectivity index (χ4v) is 3.72. The molecule has 4 aromatic rings. The number of nitrogens with two attached hydrogens (primary N) is 1. The van der Waals surface area contributed by atoms with E-state index < -0.39 is 11.9 Å². The number of aromatic nitrogens is 1. The van der Waals surface area contributed by atoms with Crippen LogP contribution in [0.3, 0.4) is 0 Å². The molecule has 0 aliphatic heterocycles. The fourth-order valence-electron chi connectivity index (χ4n) is 3.52. The van der Waals surface area contributed by atoms with E-state index in [1.165, 1.54) is 30.0 Å². The number of carbonyl (C=O) groups is 2. The van der Waals surface area contributed by atoms with Crippen LogP contribution in [0.25, 0.3) is 5.69 Å². The third-order valence-corrected chi connectivity index (χ3v) is 5.46. The molecular weight excluding hydrogens is 482 g/mol. The van der Waals surface area contributed by atoms with Crippen LogP contribution in [-0.2, 0) is 11.3 Å². The molecule has 4 rings (SSSR count). The molecule has 0 radical (unpaired) electrons. The number of ether oxygens (including phenoxy) is 3. The maximum atomic E-state index is 12.9. The largest absolute Gasteiger partial charge is 0.483 e. The molecule has 0 spiro atoms. The minimum absolute atomic E-state index is 0.0175. The Bertz CT molecular complexity index is 1460. The molecule has 0 atom stereocenters. The average molecular weight is 502 g/mol. The second kappa shape index (κ2) is 10.7. The lowest BCUT2D eigenvalue weighted by molar-refractivity contribution is 0.0592. The van der Waals surface area contributed by atoms with Gasteiger partial charge in [0.1, 0.15) is 12.7 Å². The van der Waals surface area contributed by atoms with Crippen LogP contribution < -0.4 is 15.2 Å². The van der Waals surface area contributed by atoms with Crippen molar-refractivity contribution in [1.82, 2.24) is 4.57 Å². The summed E-state index contributed by atoms with van der Waals surface area (Å²) in [5, 5.41) is 9.70. The van der Waals surface area contributed by atoms with Crippen molar-refractivity contribution in [2.45, 2.75) is 6.61 Å². The SMILES string of the molecule is COC(=O)c1c(N)c(C#N)cn1-c1cc(Cl)cc(OC(=O)c2ccccc2)c1OCc1ccccc1. The van der Waals surface area contributed by atoms with E-state index >= 15 is 0 Å². The minimum atomic E-state index is -0.772. The van der Waals surface area contributed by atoms with E-state index in [9.17, 15) is 14.9 Å². The second-order valence-corrected chi connectivity index (χ2v) is 8.00. The molecule has 0 saturated heterocycles. The zero-order valence-electron chi connectivity index (χ0n) is 19.1. The van der Waals surface area contributed by atoms with Crippen molar-refractivity contribution in [1.29, 1.82) is 5.26 Å². The molecule has 0 bridgehead atoms. The lowest BCUT2D eigenvalue weighted by atomic mass is 10.2. The number of benzene rings is 3. The quantitative estimate of drug-likeness (QED) is 0.274. The number of nitrogens with zero attached hydrogens (tertiary/aromatic N) is 2. The van der Waals surface area contributed by atoms with E-state index in [-0.39, 0.29) is 45.8 Å². The van der Waals surface area contributed by atoms with Crippen molar-refractivity contribution in [2.75, 3.05) is 12.8 Å². The molecule has 0 aliphatic carbocycles. The van der Waals surface area contributed by atoms with Crippen LogP contribution >= 0.6 is 11.6 Å². The van der Waals surface area contributed by atoms with Gasteiger partial charge in [0.05, 0.1) is 29.6 Å². The molecule has 2 N–H and O–H groups in total. The number of carbonyl (C=O) groups excluding carboxylic acids is 2. The van der Waals surface area contributed by atoms with Crippen LogP contribution in [0.4, 0.5) is 5.69 Å². The fraction of sp³-hybridized carbons (Fsp3) is 0.0741. The highest BCUT2D eigenvalue weighted by Crippen LogP contribution is 2.40. The number of nitriles is 1. The average Bonchev–Trinajstić information content (AvgIpc) is 3.24. The van der Waals surface area contributed by atoms with Gasteiger partial charge in [0.25, 0.3) is 0 Å². The molecule has 1 heterocycles. The first kappa shape index (κ1) is 24.4. The summed E-state index contributed by atoms with van der Waals surface area (Å²) in [6, 6.07) is 22.6. The summed E-state index contributed by atoms with van der Waals surface area (Å²) >= 11 is 6.39. The van der Waals surface area contributed by atoms with E-state index in [2.05, 4.69) is 0 Å². The molecule has 1 aromatic heterocycles. The Morgan fingerprint density at radius 2 is 1.69 bits per heavy atom. The van der Waals surface area contributed by atoms with Gasteiger partial charge in [-0.15, -0.1) is 0 Å². The molecule has 36 heavy (non-hydrogen) atoms. The van der Waals surface area contributed by atoms with Crippen LogP contribution in [0.2, 0.25) is 5.02 Å². The monoisotopic (exact) mass is 501 g/mol. The molecule has 0 fully saturated rings. The summed E-state index contributed by atoms with van der Waals surface area (Å²) in [4.78, 5) is 25.5. The molecule has 180 valence electrons. The lowest BCUT2D eigenvalue weighted by Crippen LogP contribution is -2.14. The van der Waals surface area contributed by atoms with E-state index in [4.69, 9.17) is 31.5 Å². The summed E-state index contributed by atoms with van der Waals surface area (Å²) in [5.41, 5.74) is 7.35. The number of methoxy groups -OCH3 is 1. The van der Waals surface area contributed by atoms with Gasteiger partial charge in [-0.2, -0.15) is 5.26 Å². The van der Waals surface area contributed by atoms with Gasteiger partial charge in [-0.05, 0) is 23.8 Å². The Hall–Kier alpha value is -4.74. The summed E-state index contributed by atoms with van der Waals surface area (Å²) in [5.74, 6) is -1.28. The predicted octanol–water partition coefficient (Wildman–Crippen LogP) is 5.17. The van der Waals surface area contributed by atoms with Crippen LogP contribution in [-0.4, -0.2) is 23.6 Å². The van der Waals surface area contributed by atoms with Gasteiger partial charge in [0, 0.05) is 17.3 Å². The third-order valence-electron chi connectivity index (χ3n) is 5.24. The Balaban J connectivity index is 1.88. The number of esters is 2. The second-order valence-electron chi connectivity index (χ2n) is 7.56. The highest BCUT2D eigenvalue weighted by atomic mass is 35.5. The summed E-state index contributed by atoms with van der Waals surface area (Å²) in [6.07, 6.45) is 1.37. The predicted molar refractivity (Wildman–Crippen MR) is 133 cm³/mol. The molecule has 0 amide bonds. The minimum Gasteiger partial charge on any atom is -0.483 e. The molecule has 9 heteroatoms. The number of nitrogen functional groups attached to an aromatic ring is 1. The Morgan fingerprint density at radius 3 is 2.33 bits per heavy atom. The maximum Gasteiger partial charge on any atom is 0.357 e. The molecule has 0 unspecified atom stereocenters. The number of hydrogen-bond donors (Lipinski definition) is 1. The van der Waals surface area contributed by atoms with Gasteiger partial charge in [-0.25, -0.2) is 9.59 Å². The van der Waals surface area contributed by atoms with Crippen LogP contribution in [0.15, 0.2) is 79.0 Å². The first-order valence-corrected chi connectivity index (χ1v) is 11.1. The first-order valence-electron chi connectivity index (χ1n) is 10.7. The van der Waals surface area contributed by atoms with Crippen molar-refractivity contribution in [3.63, 3.8) is 0 Å². The van der Waals surface area contributed by atoms with Gasteiger partial charge >= 0.3 is 11.9 Å². The van der Waals surface area contributed by atoms with Crippen LogP contribution in [0.1, 0.15) is 32.0 Å².